The zero-order valence-corrected chi connectivity index (χ0v) is 12.3. The van der Waals surface area contributed by atoms with Crippen LogP contribution in [0.25, 0.3) is 0 Å². The van der Waals surface area contributed by atoms with Gasteiger partial charge in [0, 0.05) is 31.7 Å². The molecule has 2 aromatic rings. The average molecular weight is 283 g/mol. The Morgan fingerprint density at radius 2 is 1.86 bits per heavy atom. The van der Waals surface area contributed by atoms with Crippen LogP contribution < -0.4 is 10.1 Å². The minimum absolute atomic E-state index is 0.369. The summed E-state index contributed by atoms with van der Waals surface area (Å²) >= 11 is 0. The highest BCUT2D eigenvalue weighted by atomic mass is 16.5. The van der Waals surface area contributed by atoms with E-state index in [1.165, 1.54) is 16.7 Å². The summed E-state index contributed by atoms with van der Waals surface area (Å²) in [6, 6.07) is 17.2. The summed E-state index contributed by atoms with van der Waals surface area (Å²) in [5.74, 6) is 1.01. The number of hydrogen-bond donors (Lipinski definition) is 1. The maximum absolute atomic E-state index is 5.69. The van der Waals surface area contributed by atoms with Crippen molar-refractivity contribution in [1.29, 1.82) is 0 Å². The molecule has 3 nitrogen and oxygen atoms in total. The highest BCUT2D eigenvalue weighted by Gasteiger charge is 2.20. The molecule has 1 aliphatic heterocycles. The van der Waals surface area contributed by atoms with Gasteiger partial charge in [0.15, 0.2) is 0 Å². The van der Waals surface area contributed by atoms with Gasteiger partial charge < -0.3 is 14.8 Å². The number of rotatable bonds is 5. The molecule has 0 spiro atoms. The molecule has 0 aromatic heterocycles. The molecule has 0 fully saturated rings. The standard InChI is InChI=1S/C18H21NO2/c1-20-13-15-8-6-14(7-9-15)12-19-17-10-11-21-18-5-3-2-4-16(17)18/h2-9,17,19H,10-13H2,1H3. The van der Waals surface area contributed by atoms with Crippen LogP contribution in [0, 0.1) is 0 Å². The summed E-state index contributed by atoms with van der Waals surface area (Å²) in [5, 5.41) is 3.63. The minimum Gasteiger partial charge on any atom is -0.493 e. The molecule has 1 aliphatic rings. The normalized spacial score (nSPS) is 17.1. The Balaban J connectivity index is 1.63. The van der Waals surface area contributed by atoms with Gasteiger partial charge in [-0.15, -0.1) is 0 Å². The van der Waals surface area contributed by atoms with Gasteiger partial charge in [-0.25, -0.2) is 0 Å². The van der Waals surface area contributed by atoms with Crippen molar-refractivity contribution in [2.45, 2.75) is 25.6 Å². The summed E-state index contributed by atoms with van der Waals surface area (Å²) in [4.78, 5) is 0. The molecule has 0 radical (unpaired) electrons. The Labute approximate surface area is 125 Å². The Kier molecular flexibility index (Phi) is 4.53. The summed E-state index contributed by atoms with van der Waals surface area (Å²) in [6.45, 7) is 2.31. The van der Waals surface area contributed by atoms with Gasteiger partial charge in [0.25, 0.3) is 0 Å². The van der Waals surface area contributed by atoms with Crippen LogP contribution in [0.3, 0.4) is 0 Å². The number of hydrogen-bond acceptors (Lipinski definition) is 3. The second-order valence-corrected chi connectivity index (χ2v) is 5.36. The van der Waals surface area contributed by atoms with Crippen LogP contribution in [0.4, 0.5) is 0 Å². The minimum atomic E-state index is 0.369. The molecule has 2 aromatic carbocycles. The van der Waals surface area contributed by atoms with E-state index < -0.39 is 0 Å². The van der Waals surface area contributed by atoms with Crippen LogP contribution in [0.2, 0.25) is 0 Å². The maximum Gasteiger partial charge on any atom is 0.124 e. The molecule has 0 aliphatic carbocycles. The van der Waals surface area contributed by atoms with E-state index >= 15 is 0 Å². The number of methoxy groups -OCH3 is 1. The third-order valence-corrected chi connectivity index (χ3v) is 3.85. The Morgan fingerprint density at radius 3 is 2.67 bits per heavy atom. The average Bonchev–Trinajstić information content (AvgIpc) is 2.54. The first-order valence-corrected chi connectivity index (χ1v) is 7.38. The monoisotopic (exact) mass is 283 g/mol. The maximum atomic E-state index is 5.69. The van der Waals surface area contributed by atoms with E-state index in [9.17, 15) is 0 Å². The Bertz CT molecular complexity index is 580. The molecular formula is C18H21NO2. The van der Waals surface area contributed by atoms with E-state index in [1.807, 2.05) is 12.1 Å². The van der Waals surface area contributed by atoms with Gasteiger partial charge in [0.1, 0.15) is 5.75 Å². The van der Waals surface area contributed by atoms with Crippen LogP contribution in [0.5, 0.6) is 5.75 Å². The molecule has 1 unspecified atom stereocenters. The van der Waals surface area contributed by atoms with Crippen molar-refractivity contribution in [2.75, 3.05) is 13.7 Å². The molecule has 1 atom stereocenters. The number of nitrogens with one attached hydrogen (secondary N) is 1. The third-order valence-electron chi connectivity index (χ3n) is 3.85. The zero-order valence-electron chi connectivity index (χ0n) is 12.3. The van der Waals surface area contributed by atoms with Crippen LogP contribution in [0.1, 0.15) is 29.2 Å². The van der Waals surface area contributed by atoms with E-state index in [2.05, 4.69) is 41.7 Å². The van der Waals surface area contributed by atoms with Crippen molar-refractivity contribution in [3.8, 4) is 5.75 Å². The SMILES string of the molecule is COCc1ccc(CNC2CCOc3ccccc32)cc1. The number of fused-ring (bicyclic) bond motifs is 1. The van der Waals surface area contributed by atoms with Gasteiger partial charge in [0.2, 0.25) is 0 Å². The molecule has 0 saturated carbocycles. The van der Waals surface area contributed by atoms with Crippen molar-refractivity contribution in [2.24, 2.45) is 0 Å². The molecule has 0 bridgehead atoms. The second kappa shape index (κ2) is 6.74. The zero-order chi connectivity index (χ0) is 14.5. The van der Waals surface area contributed by atoms with Crippen LogP contribution >= 0.6 is 0 Å². The summed E-state index contributed by atoms with van der Waals surface area (Å²) in [6.07, 6.45) is 1.01. The largest absolute Gasteiger partial charge is 0.493 e. The lowest BCUT2D eigenvalue weighted by atomic mass is 10.0. The quantitative estimate of drug-likeness (QED) is 0.911. The predicted octanol–water partition coefficient (Wildman–Crippen LogP) is 3.45. The van der Waals surface area contributed by atoms with Gasteiger partial charge in [-0.3, -0.25) is 0 Å². The lowest BCUT2D eigenvalue weighted by Gasteiger charge is -2.26. The van der Waals surface area contributed by atoms with Gasteiger partial charge in [0.05, 0.1) is 13.2 Å². The highest BCUT2D eigenvalue weighted by Crippen LogP contribution is 2.31. The van der Waals surface area contributed by atoms with Crippen molar-refractivity contribution in [3.63, 3.8) is 0 Å². The summed E-state index contributed by atoms with van der Waals surface area (Å²) in [5.41, 5.74) is 3.76. The molecular weight excluding hydrogens is 262 g/mol. The second-order valence-electron chi connectivity index (χ2n) is 5.36. The number of para-hydroxylation sites is 1. The smallest absolute Gasteiger partial charge is 0.124 e. The molecule has 21 heavy (non-hydrogen) atoms. The molecule has 0 amide bonds. The van der Waals surface area contributed by atoms with Crippen LogP contribution in [-0.2, 0) is 17.9 Å². The van der Waals surface area contributed by atoms with Gasteiger partial charge in [-0.2, -0.15) is 0 Å². The molecule has 0 saturated heterocycles. The molecule has 110 valence electrons. The third kappa shape index (κ3) is 3.43. The van der Waals surface area contributed by atoms with Gasteiger partial charge in [-0.1, -0.05) is 42.5 Å². The summed E-state index contributed by atoms with van der Waals surface area (Å²) < 4.78 is 10.8. The highest BCUT2D eigenvalue weighted by molar-refractivity contribution is 5.37. The van der Waals surface area contributed by atoms with Crippen molar-refractivity contribution >= 4 is 0 Å². The van der Waals surface area contributed by atoms with E-state index in [1.54, 1.807) is 7.11 Å². The Hall–Kier alpha value is -1.84. The lowest BCUT2D eigenvalue weighted by molar-refractivity contribution is 0.185. The van der Waals surface area contributed by atoms with Crippen LogP contribution in [-0.4, -0.2) is 13.7 Å². The molecule has 3 heteroatoms. The topological polar surface area (TPSA) is 30.5 Å². The molecule has 1 N–H and O–H groups in total. The van der Waals surface area contributed by atoms with Crippen molar-refractivity contribution in [3.05, 3.63) is 65.2 Å². The Morgan fingerprint density at radius 1 is 1.10 bits per heavy atom. The van der Waals surface area contributed by atoms with E-state index in [0.717, 1.165) is 25.3 Å². The van der Waals surface area contributed by atoms with Gasteiger partial charge in [-0.05, 0) is 17.2 Å². The van der Waals surface area contributed by atoms with Gasteiger partial charge >= 0.3 is 0 Å². The van der Waals surface area contributed by atoms with E-state index in [4.69, 9.17) is 9.47 Å². The fourth-order valence-corrected chi connectivity index (χ4v) is 2.72. The van der Waals surface area contributed by atoms with Crippen molar-refractivity contribution < 1.29 is 9.47 Å². The number of ether oxygens (including phenoxy) is 2. The van der Waals surface area contributed by atoms with E-state index in [-0.39, 0.29) is 0 Å². The molecule has 1 heterocycles. The molecule has 3 rings (SSSR count). The summed E-state index contributed by atoms with van der Waals surface area (Å²) in [7, 11) is 1.72. The van der Waals surface area contributed by atoms with Crippen molar-refractivity contribution in [1.82, 2.24) is 5.32 Å². The lowest BCUT2D eigenvalue weighted by Crippen LogP contribution is -2.26. The fraction of sp³-hybridized carbons (Fsp3) is 0.333. The first kappa shape index (κ1) is 14.1. The fourth-order valence-electron chi connectivity index (χ4n) is 2.72. The first-order valence-electron chi connectivity index (χ1n) is 7.38. The van der Waals surface area contributed by atoms with Crippen LogP contribution in [0.15, 0.2) is 48.5 Å². The predicted molar refractivity (Wildman–Crippen MR) is 83.3 cm³/mol. The number of benzene rings is 2. The first-order chi connectivity index (χ1) is 10.4. The van der Waals surface area contributed by atoms with E-state index in [0.29, 0.717) is 12.6 Å².